The molecular weight excluding hydrogens is 288 g/mol. The number of nitrogens with zero attached hydrogens (tertiary/aromatic N) is 2. The van der Waals surface area contributed by atoms with E-state index in [1.807, 2.05) is 13.8 Å². The van der Waals surface area contributed by atoms with Crippen molar-refractivity contribution in [2.45, 2.75) is 19.4 Å². The van der Waals surface area contributed by atoms with E-state index in [0.29, 0.717) is 23.6 Å². The smallest absolute Gasteiger partial charge is 0.255 e. The lowest BCUT2D eigenvalue weighted by atomic mass is 10.0. The van der Waals surface area contributed by atoms with Crippen LogP contribution in [0.5, 0.6) is 0 Å². The summed E-state index contributed by atoms with van der Waals surface area (Å²) in [6.07, 6.45) is 1.45. The molecule has 1 aliphatic rings. The van der Waals surface area contributed by atoms with E-state index in [4.69, 9.17) is 18.0 Å². The first kappa shape index (κ1) is 15.7. The molecule has 0 unspecified atom stereocenters. The highest BCUT2D eigenvalue weighted by Crippen LogP contribution is 2.18. The standard InChI is InChI=1S/C14H20N4O2S/c1-14(2,13(15)21)18-7-5-17(6-8-18)12(20)10-3-4-11(19)16-9-10/h3-4,9H,5-8H2,1-2H3,(H2,15,21)(H,16,19). The average Bonchev–Trinajstić information content (AvgIpc) is 2.47. The Kier molecular flexibility index (Phi) is 4.43. The number of nitrogens with one attached hydrogen (secondary N) is 1. The molecule has 21 heavy (non-hydrogen) atoms. The molecular formula is C14H20N4O2S. The first-order valence-electron chi connectivity index (χ1n) is 6.85. The molecule has 1 saturated heterocycles. The van der Waals surface area contributed by atoms with Crippen molar-refractivity contribution in [3.8, 4) is 0 Å². The molecule has 0 aliphatic carbocycles. The van der Waals surface area contributed by atoms with Crippen LogP contribution in [-0.2, 0) is 0 Å². The number of thiocarbonyl (C=S) groups is 1. The maximum absolute atomic E-state index is 12.3. The van der Waals surface area contributed by atoms with Crippen molar-refractivity contribution in [3.63, 3.8) is 0 Å². The molecule has 1 fully saturated rings. The van der Waals surface area contributed by atoms with Crippen molar-refractivity contribution < 1.29 is 4.79 Å². The summed E-state index contributed by atoms with van der Waals surface area (Å²) in [5.41, 5.74) is 5.71. The number of carbonyl (C=O) groups is 1. The van der Waals surface area contributed by atoms with E-state index in [0.717, 1.165) is 13.1 Å². The van der Waals surface area contributed by atoms with E-state index in [2.05, 4.69) is 9.88 Å². The van der Waals surface area contributed by atoms with E-state index in [9.17, 15) is 9.59 Å². The number of pyridine rings is 1. The van der Waals surface area contributed by atoms with Crippen LogP contribution in [0, 0.1) is 0 Å². The maximum atomic E-state index is 12.3. The second-order valence-corrected chi connectivity index (χ2v) is 6.08. The van der Waals surface area contributed by atoms with E-state index < -0.39 is 0 Å². The molecule has 0 atom stereocenters. The Hall–Kier alpha value is -1.73. The number of piperazine rings is 1. The number of hydrogen-bond acceptors (Lipinski definition) is 4. The van der Waals surface area contributed by atoms with Crippen molar-refractivity contribution in [2.75, 3.05) is 26.2 Å². The minimum absolute atomic E-state index is 0.0703. The zero-order valence-corrected chi connectivity index (χ0v) is 13.1. The Morgan fingerprint density at radius 3 is 2.38 bits per heavy atom. The van der Waals surface area contributed by atoms with E-state index in [1.54, 1.807) is 11.0 Å². The molecule has 0 bridgehead atoms. The van der Waals surface area contributed by atoms with Crippen LogP contribution in [0.3, 0.4) is 0 Å². The van der Waals surface area contributed by atoms with Gasteiger partial charge in [-0.2, -0.15) is 0 Å². The van der Waals surface area contributed by atoms with Crippen molar-refractivity contribution in [2.24, 2.45) is 5.73 Å². The fourth-order valence-corrected chi connectivity index (χ4v) is 2.48. The maximum Gasteiger partial charge on any atom is 0.255 e. The number of aromatic nitrogens is 1. The van der Waals surface area contributed by atoms with Crippen LogP contribution in [0.25, 0.3) is 0 Å². The minimum Gasteiger partial charge on any atom is -0.392 e. The quantitative estimate of drug-likeness (QED) is 0.779. The normalized spacial score (nSPS) is 16.8. The Labute approximate surface area is 128 Å². The van der Waals surface area contributed by atoms with Crippen molar-refractivity contribution in [1.82, 2.24) is 14.8 Å². The first-order chi connectivity index (χ1) is 9.82. The fourth-order valence-electron chi connectivity index (χ4n) is 2.35. The molecule has 0 saturated carbocycles. The molecule has 0 radical (unpaired) electrons. The van der Waals surface area contributed by atoms with Gasteiger partial charge in [0, 0.05) is 38.4 Å². The summed E-state index contributed by atoms with van der Waals surface area (Å²) < 4.78 is 0. The van der Waals surface area contributed by atoms with Gasteiger partial charge in [-0.3, -0.25) is 14.5 Å². The molecule has 114 valence electrons. The lowest BCUT2D eigenvalue weighted by molar-refractivity contribution is 0.0539. The fraction of sp³-hybridized carbons (Fsp3) is 0.500. The van der Waals surface area contributed by atoms with Crippen LogP contribution < -0.4 is 11.3 Å². The Bertz CT molecular complexity index is 583. The number of amides is 1. The zero-order chi connectivity index (χ0) is 15.6. The zero-order valence-electron chi connectivity index (χ0n) is 12.3. The molecule has 6 nitrogen and oxygen atoms in total. The number of nitrogens with two attached hydrogens (primary N) is 1. The van der Waals surface area contributed by atoms with Crippen LogP contribution in [0.2, 0.25) is 0 Å². The molecule has 0 spiro atoms. The van der Waals surface area contributed by atoms with Gasteiger partial charge >= 0.3 is 0 Å². The Balaban J connectivity index is 2.01. The monoisotopic (exact) mass is 308 g/mol. The van der Waals surface area contributed by atoms with E-state index in [-0.39, 0.29) is 17.0 Å². The molecule has 2 rings (SSSR count). The van der Waals surface area contributed by atoms with Gasteiger partial charge in [-0.1, -0.05) is 12.2 Å². The number of hydrogen-bond donors (Lipinski definition) is 2. The third kappa shape index (κ3) is 3.30. The summed E-state index contributed by atoms with van der Waals surface area (Å²) in [5.74, 6) is -0.0703. The van der Waals surface area contributed by atoms with Gasteiger partial charge in [-0.05, 0) is 19.9 Å². The molecule has 3 N–H and O–H groups in total. The minimum atomic E-state index is -0.345. The second kappa shape index (κ2) is 5.95. The number of rotatable bonds is 3. The molecule has 1 aromatic rings. The molecule has 1 aliphatic heterocycles. The summed E-state index contributed by atoms with van der Waals surface area (Å²) in [6, 6.07) is 2.91. The van der Waals surface area contributed by atoms with Gasteiger partial charge in [0.1, 0.15) is 0 Å². The third-order valence-corrected chi connectivity index (χ3v) is 4.49. The Morgan fingerprint density at radius 1 is 1.29 bits per heavy atom. The average molecular weight is 308 g/mol. The molecule has 1 amide bonds. The summed E-state index contributed by atoms with van der Waals surface area (Å²) in [4.78, 5) is 30.3. The van der Waals surface area contributed by atoms with Gasteiger partial charge in [-0.15, -0.1) is 0 Å². The highest BCUT2D eigenvalue weighted by molar-refractivity contribution is 7.80. The molecule has 7 heteroatoms. The second-order valence-electron chi connectivity index (χ2n) is 5.64. The SMILES string of the molecule is CC(C)(C(N)=S)N1CCN(C(=O)c2ccc(=O)[nH]c2)CC1. The summed E-state index contributed by atoms with van der Waals surface area (Å²) in [5, 5.41) is 0. The molecule has 2 heterocycles. The number of carbonyl (C=O) groups excluding carboxylic acids is 1. The van der Waals surface area contributed by atoms with Crippen LogP contribution in [0.4, 0.5) is 0 Å². The number of H-pyrrole nitrogens is 1. The van der Waals surface area contributed by atoms with Gasteiger partial charge in [0.2, 0.25) is 5.56 Å². The van der Waals surface area contributed by atoms with Gasteiger partial charge in [0.25, 0.3) is 5.91 Å². The van der Waals surface area contributed by atoms with Crippen LogP contribution >= 0.6 is 12.2 Å². The largest absolute Gasteiger partial charge is 0.392 e. The lowest BCUT2D eigenvalue weighted by Crippen LogP contribution is -2.59. The Morgan fingerprint density at radius 2 is 1.90 bits per heavy atom. The van der Waals surface area contributed by atoms with Crippen molar-refractivity contribution in [1.29, 1.82) is 0 Å². The molecule has 0 aromatic carbocycles. The van der Waals surface area contributed by atoms with Gasteiger partial charge < -0.3 is 15.6 Å². The predicted octanol–water partition coefficient (Wildman–Crippen LogP) is 0.197. The molecule has 1 aromatic heterocycles. The van der Waals surface area contributed by atoms with Crippen molar-refractivity contribution >= 4 is 23.1 Å². The van der Waals surface area contributed by atoms with Crippen LogP contribution in [0.15, 0.2) is 23.1 Å². The summed E-state index contributed by atoms with van der Waals surface area (Å²) >= 11 is 5.10. The van der Waals surface area contributed by atoms with E-state index >= 15 is 0 Å². The predicted molar refractivity (Wildman–Crippen MR) is 85.4 cm³/mol. The van der Waals surface area contributed by atoms with Gasteiger partial charge in [0.15, 0.2) is 0 Å². The van der Waals surface area contributed by atoms with Crippen LogP contribution in [-0.4, -0.2) is 57.4 Å². The highest BCUT2D eigenvalue weighted by atomic mass is 32.1. The highest BCUT2D eigenvalue weighted by Gasteiger charge is 2.33. The van der Waals surface area contributed by atoms with Crippen molar-refractivity contribution in [3.05, 3.63) is 34.2 Å². The van der Waals surface area contributed by atoms with E-state index in [1.165, 1.54) is 12.3 Å². The van der Waals surface area contributed by atoms with Gasteiger partial charge in [0.05, 0.1) is 16.1 Å². The summed E-state index contributed by atoms with van der Waals surface area (Å²) in [6.45, 7) is 6.66. The summed E-state index contributed by atoms with van der Waals surface area (Å²) in [7, 11) is 0. The van der Waals surface area contributed by atoms with Gasteiger partial charge in [-0.25, -0.2) is 0 Å². The van der Waals surface area contributed by atoms with Crippen LogP contribution in [0.1, 0.15) is 24.2 Å². The lowest BCUT2D eigenvalue weighted by Gasteiger charge is -2.43. The first-order valence-corrected chi connectivity index (χ1v) is 7.26. The number of aromatic amines is 1. The topological polar surface area (TPSA) is 82.4 Å². The third-order valence-electron chi connectivity index (χ3n) is 3.99.